The highest BCUT2D eigenvalue weighted by molar-refractivity contribution is 5.81. The average molecular weight is 383 g/mol. The Morgan fingerprint density at radius 3 is 2.46 bits per heavy atom. The molecule has 1 aromatic heterocycles. The molecule has 1 aliphatic carbocycles. The smallest absolute Gasteiger partial charge is 0.261 e. The van der Waals surface area contributed by atoms with Gasteiger partial charge in [-0.1, -0.05) is 0 Å². The van der Waals surface area contributed by atoms with Gasteiger partial charge in [-0.2, -0.15) is 0 Å². The zero-order valence-corrected chi connectivity index (χ0v) is 16.6. The molecule has 150 valence electrons. The van der Waals surface area contributed by atoms with Crippen molar-refractivity contribution < 1.29 is 4.74 Å². The van der Waals surface area contributed by atoms with Gasteiger partial charge in [-0.3, -0.25) is 14.3 Å². The molecule has 6 nitrogen and oxygen atoms in total. The minimum absolute atomic E-state index is 0.102. The predicted molar refractivity (Wildman–Crippen MR) is 111 cm³/mol. The Balaban J connectivity index is 1.24. The van der Waals surface area contributed by atoms with Gasteiger partial charge < -0.3 is 9.64 Å². The van der Waals surface area contributed by atoms with Crippen molar-refractivity contribution in [1.82, 2.24) is 14.5 Å². The maximum absolute atomic E-state index is 12.7. The summed E-state index contributed by atoms with van der Waals surface area (Å²) in [6.07, 6.45) is 6.62. The minimum Gasteiger partial charge on any atom is -0.381 e. The van der Waals surface area contributed by atoms with E-state index >= 15 is 0 Å². The van der Waals surface area contributed by atoms with Crippen molar-refractivity contribution in [3.63, 3.8) is 0 Å². The molecule has 1 saturated carbocycles. The van der Waals surface area contributed by atoms with Crippen LogP contribution in [0.5, 0.6) is 0 Å². The lowest BCUT2D eigenvalue weighted by molar-refractivity contribution is 0.0517. The number of ether oxygens (including phenoxy) is 1. The maximum Gasteiger partial charge on any atom is 0.261 e. The zero-order chi connectivity index (χ0) is 18.9. The molecule has 2 aromatic rings. The van der Waals surface area contributed by atoms with E-state index in [1.54, 1.807) is 10.9 Å². The Morgan fingerprint density at radius 2 is 1.71 bits per heavy atom. The molecule has 2 saturated heterocycles. The molecule has 0 radical (unpaired) electrons. The fraction of sp³-hybridized carbons (Fsp3) is 0.636. The van der Waals surface area contributed by atoms with Gasteiger partial charge in [0.2, 0.25) is 0 Å². The van der Waals surface area contributed by atoms with Crippen molar-refractivity contribution in [3.8, 4) is 0 Å². The van der Waals surface area contributed by atoms with Crippen LogP contribution in [-0.4, -0.2) is 60.4 Å². The summed E-state index contributed by atoms with van der Waals surface area (Å²) in [6, 6.07) is 6.16. The van der Waals surface area contributed by atoms with E-state index in [1.165, 1.54) is 37.9 Å². The van der Waals surface area contributed by atoms with Crippen molar-refractivity contribution in [3.05, 3.63) is 34.9 Å². The van der Waals surface area contributed by atoms with Gasteiger partial charge in [0.15, 0.2) is 0 Å². The molecule has 3 fully saturated rings. The number of nitrogens with zero attached hydrogens (tertiary/aromatic N) is 4. The van der Waals surface area contributed by atoms with Crippen LogP contribution in [-0.2, 0) is 11.3 Å². The minimum atomic E-state index is 0.102. The molecule has 0 bridgehead atoms. The SMILES string of the molecule is O=c1c2ccc(N3CCN(CC4CCOCC4)CC3)cc2ncn1CC1CC1. The van der Waals surface area contributed by atoms with Crippen LogP contribution in [0.15, 0.2) is 29.3 Å². The van der Waals surface area contributed by atoms with Crippen LogP contribution in [0, 0.1) is 11.8 Å². The third-order valence-electron chi connectivity index (χ3n) is 6.56. The Hall–Kier alpha value is -1.92. The normalized spacial score (nSPS) is 22.1. The standard InChI is InChI=1S/C22H30N4O2/c27-22-20-4-3-19(13-21(20)23-16-26(22)15-17-1-2-17)25-9-7-24(8-10-25)14-18-5-11-28-12-6-18/h3-4,13,16-18H,1-2,5-12,14-15H2. The van der Waals surface area contributed by atoms with Gasteiger partial charge in [-0.25, -0.2) is 4.98 Å². The summed E-state index contributed by atoms with van der Waals surface area (Å²) in [6.45, 7) is 8.16. The Labute approximate surface area is 166 Å². The lowest BCUT2D eigenvalue weighted by atomic mass is 9.99. The molecule has 5 rings (SSSR count). The average Bonchev–Trinajstić information content (AvgIpc) is 3.55. The van der Waals surface area contributed by atoms with Crippen molar-refractivity contribution in [2.45, 2.75) is 32.2 Å². The molecule has 6 heteroatoms. The Morgan fingerprint density at radius 1 is 0.964 bits per heavy atom. The van der Waals surface area contributed by atoms with E-state index in [9.17, 15) is 4.79 Å². The fourth-order valence-corrected chi connectivity index (χ4v) is 4.53. The highest BCUT2D eigenvalue weighted by Crippen LogP contribution is 2.30. The number of benzene rings is 1. The monoisotopic (exact) mass is 382 g/mol. The number of hydrogen-bond acceptors (Lipinski definition) is 5. The van der Waals surface area contributed by atoms with Crippen LogP contribution in [0.4, 0.5) is 5.69 Å². The summed E-state index contributed by atoms with van der Waals surface area (Å²) in [5.41, 5.74) is 2.11. The van der Waals surface area contributed by atoms with Crippen molar-refractivity contribution in [2.24, 2.45) is 11.8 Å². The summed E-state index contributed by atoms with van der Waals surface area (Å²) in [4.78, 5) is 22.3. The second-order valence-corrected chi connectivity index (χ2v) is 8.69. The highest BCUT2D eigenvalue weighted by atomic mass is 16.5. The lowest BCUT2D eigenvalue weighted by Crippen LogP contribution is -2.48. The summed E-state index contributed by atoms with van der Waals surface area (Å²) in [7, 11) is 0. The van der Waals surface area contributed by atoms with E-state index in [1.807, 2.05) is 6.07 Å². The number of hydrogen-bond donors (Lipinski definition) is 0. The summed E-state index contributed by atoms with van der Waals surface area (Å²) >= 11 is 0. The van der Waals surface area contributed by atoms with Crippen molar-refractivity contribution in [2.75, 3.05) is 50.8 Å². The number of aromatic nitrogens is 2. The molecule has 2 aliphatic heterocycles. The third kappa shape index (κ3) is 3.94. The topological polar surface area (TPSA) is 50.6 Å². The van der Waals surface area contributed by atoms with Gasteiger partial charge in [0, 0.05) is 58.2 Å². The summed E-state index contributed by atoms with van der Waals surface area (Å²) in [5, 5.41) is 0.741. The number of fused-ring (bicyclic) bond motifs is 1. The molecule has 28 heavy (non-hydrogen) atoms. The van der Waals surface area contributed by atoms with Crippen LogP contribution in [0.2, 0.25) is 0 Å². The van der Waals surface area contributed by atoms with Crippen LogP contribution < -0.4 is 10.5 Å². The summed E-state index contributed by atoms with van der Waals surface area (Å²) < 4.78 is 7.27. The van der Waals surface area contributed by atoms with Crippen LogP contribution in [0.1, 0.15) is 25.7 Å². The second kappa shape index (κ2) is 7.84. The van der Waals surface area contributed by atoms with Gasteiger partial charge in [-0.05, 0) is 55.7 Å². The molecule has 3 heterocycles. The predicted octanol–water partition coefficient (Wildman–Crippen LogP) is 2.36. The molecular weight excluding hydrogens is 352 g/mol. The van der Waals surface area contributed by atoms with Crippen LogP contribution in [0.25, 0.3) is 10.9 Å². The Kier molecular flexibility index (Phi) is 5.07. The first kappa shape index (κ1) is 18.1. The van der Waals surface area contributed by atoms with Gasteiger partial charge in [-0.15, -0.1) is 0 Å². The van der Waals surface area contributed by atoms with Gasteiger partial charge in [0.25, 0.3) is 5.56 Å². The molecule has 0 N–H and O–H groups in total. The molecule has 0 spiro atoms. The molecule has 0 unspecified atom stereocenters. The van der Waals surface area contributed by atoms with Crippen molar-refractivity contribution >= 4 is 16.6 Å². The number of rotatable bonds is 5. The first-order chi connectivity index (χ1) is 13.8. The molecule has 0 amide bonds. The van der Waals surface area contributed by atoms with E-state index in [2.05, 4.69) is 26.9 Å². The van der Waals surface area contributed by atoms with Gasteiger partial charge in [0.05, 0.1) is 17.2 Å². The first-order valence-electron chi connectivity index (χ1n) is 10.8. The van der Waals surface area contributed by atoms with Crippen LogP contribution in [0.3, 0.4) is 0 Å². The van der Waals surface area contributed by atoms with Crippen molar-refractivity contribution in [1.29, 1.82) is 0 Å². The van der Waals surface area contributed by atoms with E-state index in [0.717, 1.165) is 62.8 Å². The lowest BCUT2D eigenvalue weighted by Gasteiger charge is -2.38. The molecular formula is C22H30N4O2. The van der Waals surface area contributed by atoms with Crippen LogP contribution >= 0.6 is 0 Å². The fourth-order valence-electron chi connectivity index (χ4n) is 4.53. The highest BCUT2D eigenvalue weighted by Gasteiger charge is 2.24. The summed E-state index contributed by atoms with van der Waals surface area (Å²) in [5.74, 6) is 1.47. The molecule has 3 aliphatic rings. The third-order valence-corrected chi connectivity index (χ3v) is 6.56. The number of anilines is 1. The van der Waals surface area contributed by atoms with E-state index in [0.29, 0.717) is 5.92 Å². The molecule has 0 atom stereocenters. The zero-order valence-electron chi connectivity index (χ0n) is 16.6. The Bertz CT molecular complexity index is 878. The van der Waals surface area contributed by atoms with E-state index in [-0.39, 0.29) is 5.56 Å². The quantitative estimate of drug-likeness (QED) is 0.795. The van der Waals surface area contributed by atoms with Gasteiger partial charge >= 0.3 is 0 Å². The number of piperazine rings is 1. The largest absolute Gasteiger partial charge is 0.381 e. The van der Waals surface area contributed by atoms with E-state index in [4.69, 9.17) is 4.74 Å². The molecule has 1 aromatic carbocycles. The van der Waals surface area contributed by atoms with Gasteiger partial charge in [0.1, 0.15) is 0 Å². The maximum atomic E-state index is 12.7. The van der Waals surface area contributed by atoms with E-state index < -0.39 is 0 Å². The first-order valence-corrected chi connectivity index (χ1v) is 10.8. The second-order valence-electron chi connectivity index (χ2n) is 8.69.